The van der Waals surface area contributed by atoms with E-state index in [1.807, 2.05) is 24.6 Å². The van der Waals surface area contributed by atoms with E-state index in [4.69, 9.17) is 4.99 Å². The quantitative estimate of drug-likeness (QED) is 0.627. The molecule has 1 fully saturated rings. The number of guanidine groups is 1. The normalized spacial score (nSPS) is 15.6. The molecule has 0 spiro atoms. The first-order valence-corrected chi connectivity index (χ1v) is 8.59. The van der Waals surface area contributed by atoms with Crippen LogP contribution in [0.4, 0.5) is 5.95 Å². The Kier molecular flexibility index (Phi) is 5.42. The van der Waals surface area contributed by atoms with Gasteiger partial charge in [0, 0.05) is 52.2 Å². The molecule has 1 aliphatic heterocycles. The standard InChI is InChI=1S/C16H25N9/c1-4-17-15(20-12-14-22-21-13(2)23(14)3)24-8-10-25(11-9-24)16-18-6-5-7-19-16/h5-7H,4,8-12H2,1-3H3,(H,17,20). The molecule has 9 nitrogen and oxygen atoms in total. The molecule has 2 aromatic rings. The number of aromatic nitrogens is 5. The zero-order valence-electron chi connectivity index (χ0n) is 15.1. The van der Waals surface area contributed by atoms with Gasteiger partial charge in [-0.3, -0.25) is 0 Å². The maximum absolute atomic E-state index is 4.74. The molecule has 3 heterocycles. The van der Waals surface area contributed by atoms with Gasteiger partial charge in [-0.1, -0.05) is 0 Å². The highest BCUT2D eigenvalue weighted by atomic mass is 15.4. The molecule has 0 radical (unpaired) electrons. The molecule has 1 aliphatic rings. The topological polar surface area (TPSA) is 87.4 Å². The highest BCUT2D eigenvalue weighted by Crippen LogP contribution is 2.10. The molecule has 0 atom stereocenters. The number of aliphatic imine (C=N–C) groups is 1. The summed E-state index contributed by atoms with van der Waals surface area (Å²) in [6.07, 6.45) is 3.56. The van der Waals surface area contributed by atoms with Crippen molar-refractivity contribution in [3.8, 4) is 0 Å². The number of aryl methyl sites for hydroxylation is 1. The van der Waals surface area contributed by atoms with Crippen LogP contribution in [0.2, 0.25) is 0 Å². The minimum absolute atomic E-state index is 0.516. The second-order valence-electron chi connectivity index (χ2n) is 5.92. The van der Waals surface area contributed by atoms with Crippen LogP contribution in [0.15, 0.2) is 23.5 Å². The van der Waals surface area contributed by atoms with Gasteiger partial charge in [-0.05, 0) is 19.9 Å². The zero-order valence-corrected chi connectivity index (χ0v) is 15.1. The average Bonchev–Trinajstić information content (AvgIpc) is 2.98. The summed E-state index contributed by atoms with van der Waals surface area (Å²) in [5, 5.41) is 11.6. The van der Waals surface area contributed by atoms with Crippen molar-refractivity contribution in [2.24, 2.45) is 12.0 Å². The Hall–Kier alpha value is -2.71. The first-order chi connectivity index (χ1) is 12.2. The van der Waals surface area contributed by atoms with Gasteiger partial charge in [-0.2, -0.15) is 0 Å². The summed E-state index contributed by atoms with van der Waals surface area (Å²) in [6, 6.07) is 1.84. The lowest BCUT2D eigenvalue weighted by atomic mass is 10.3. The molecule has 0 unspecified atom stereocenters. The Morgan fingerprint density at radius 1 is 1.16 bits per heavy atom. The van der Waals surface area contributed by atoms with Crippen molar-refractivity contribution in [1.29, 1.82) is 0 Å². The maximum atomic E-state index is 4.74. The summed E-state index contributed by atoms with van der Waals surface area (Å²) in [7, 11) is 1.96. The second kappa shape index (κ2) is 7.91. The van der Waals surface area contributed by atoms with Crippen molar-refractivity contribution in [3.63, 3.8) is 0 Å². The van der Waals surface area contributed by atoms with Crippen molar-refractivity contribution >= 4 is 11.9 Å². The Morgan fingerprint density at radius 3 is 2.48 bits per heavy atom. The molecule has 134 valence electrons. The molecule has 25 heavy (non-hydrogen) atoms. The summed E-state index contributed by atoms with van der Waals surface area (Å²) < 4.78 is 1.97. The lowest BCUT2D eigenvalue weighted by Gasteiger charge is -2.36. The molecule has 0 bridgehead atoms. The molecule has 0 saturated carbocycles. The van der Waals surface area contributed by atoms with Gasteiger partial charge in [-0.15, -0.1) is 10.2 Å². The summed E-state index contributed by atoms with van der Waals surface area (Å²) in [5.74, 6) is 3.46. The molecular formula is C16H25N9. The Labute approximate surface area is 147 Å². The van der Waals surface area contributed by atoms with E-state index in [9.17, 15) is 0 Å². The molecule has 0 aromatic carbocycles. The van der Waals surface area contributed by atoms with Crippen molar-refractivity contribution < 1.29 is 0 Å². The van der Waals surface area contributed by atoms with Crippen LogP contribution in [-0.2, 0) is 13.6 Å². The van der Waals surface area contributed by atoms with Crippen LogP contribution in [0, 0.1) is 6.92 Å². The number of rotatable bonds is 4. The Bertz CT molecular complexity index is 702. The molecule has 0 aliphatic carbocycles. The lowest BCUT2D eigenvalue weighted by molar-refractivity contribution is 0.370. The van der Waals surface area contributed by atoms with E-state index in [2.05, 4.69) is 42.2 Å². The number of hydrogen-bond donors (Lipinski definition) is 1. The second-order valence-corrected chi connectivity index (χ2v) is 5.92. The van der Waals surface area contributed by atoms with Gasteiger partial charge < -0.3 is 19.7 Å². The summed E-state index contributed by atoms with van der Waals surface area (Å²) in [4.78, 5) is 17.9. The highest BCUT2D eigenvalue weighted by Gasteiger charge is 2.21. The molecule has 0 amide bonds. The fraction of sp³-hybridized carbons (Fsp3) is 0.562. The van der Waals surface area contributed by atoms with E-state index < -0.39 is 0 Å². The van der Waals surface area contributed by atoms with Crippen LogP contribution in [-0.4, -0.2) is 68.3 Å². The van der Waals surface area contributed by atoms with Crippen molar-refractivity contribution in [2.45, 2.75) is 20.4 Å². The number of hydrogen-bond acceptors (Lipinski definition) is 6. The maximum Gasteiger partial charge on any atom is 0.225 e. The van der Waals surface area contributed by atoms with Crippen LogP contribution >= 0.6 is 0 Å². The molecule has 1 N–H and O–H groups in total. The van der Waals surface area contributed by atoms with Gasteiger partial charge in [0.25, 0.3) is 0 Å². The largest absolute Gasteiger partial charge is 0.357 e. The number of anilines is 1. The van der Waals surface area contributed by atoms with Crippen LogP contribution in [0.25, 0.3) is 0 Å². The summed E-state index contributed by atoms with van der Waals surface area (Å²) >= 11 is 0. The third-order valence-electron chi connectivity index (χ3n) is 4.30. The average molecular weight is 343 g/mol. The van der Waals surface area contributed by atoms with Crippen LogP contribution in [0.1, 0.15) is 18.6 Å². The lowest BCUT2D eigenvalue weighted by Crippen LogP contribution is -2.53. The van der Waals surface area contributed by atoms with E-state index in [1.165, 1.54) is 0 Å². The van der Waals surface area contributed by atoms with Crippen LogP contribution < -0.4 is 10.2 Å². The van der Waals surface area contributed by atoms with E-state index >= 15 is 0 Å². The first kappa shape index (κ1) is 17.1. The van der Waals surface area contributed by atoms with E-state index in [0.717, 1.165) is 56.3 Å². The van der Waals surface area contributed by atoms with Gasteiger partial charge in [0.2, 0.25) is 5.95 Å². The Balaban J connectivity index is 1.63. The summed E-state index contributed by atoms with van der Waals surface area (Å²) in [5.41, 5.74) is 0. The van der Waals surface area contributed by atoms with Crippen LogP contribution in [0.3, 0.4) is 0 Å². The van der Waals surface area contributed by atoms with Gasteiger partial charge in [0.05, 0.1) is 0 Å². The van der Waals surface area contributed by atoms with Crippen LogP contribution in [0.5, 0.6) is 0 Å². The fourth-order valence-corrected chi connectivity index (χ4v) is 2.73. The number of piperazine rings is 1. The molecule has 9 heteroatoms. The van der Waals surface area contributed by atoms with Crippen molar-refractivity contribution in [2.75, 3.05) is 37.6 Å². The van der Waals surface area contributed by atoms with Gasteiger partial charge >= 0.3 is 0 Å². The number of nitrogens with one attached hydrogen (secondary N) is 1. The SMILES string of the molecule is CCNC(=NCc1nnc(C)n1C)N1CCN(c2ncccn2)CC1. The van der Waals surface area contributed by atoms with Crippen molar-refractivity contribution in [1.82, 2.24) is 34.9 Å². The minimum atomic E-state index is 0.516. The third kappa shape index (κ3) is 4.04. The van der Waals surface area contributed by atoms with E-state index in [-0.39, 0.29) is 0 Å². The monoisotopic (exact) mass is 343 g/mol. The van der Waals surface area contributed by atoms with Crippen molar-refractivity contribution in [3.05, 3.63) is 30.1 Å². The smallest absolute Gasteiger partial charge is 0.225 e. The van der Waals surface area contributed by atoms with Gasteiger partial charge in [0.1, 0.15) is 12.4 Å². The minimum Gasteiger partial charge on any atom is -0.357 e. The fourth-order valence-electron chi connectivity index (χ4n) is 2.73. The molecule has 1 saturated heterocycles. The van der Waals surface area contributed by atoms with E-state index in [1.54, 1.807) is 12.4 Å². The highest BCUT2D eigenvalue weighted by molar-refractivity contribution is 5.80. The molecule has 2 aromatic heterocycles. The Morgan fingerprint density at radius 2 is 1.88 bits per heavy atom. The zero-order chi connectivity index (χ0) is 17.6. The molecule has 3 rings (SSSR count). The van der Waals surface area contributed by atoms with Gasteiger partial charge in [-0.25, -0.2) is 15.0 Å². The first-order valence-electron chi connectivity index (χ1n) is 8.59. The molecular weight excluding hydrogens is 318 g/mol. The number of nitrogens with zero attached hydrogens (tertiary/aromatic N) is 8. The van der Waals surface area contributed by atoms with E-state index in [0.29, 0.717) is 6.54 Å². The third-order valence-corrected chi connectivity index (χ3v) is 4.30. The van der Waals surface area contributed by atoms with Gasteiger partial charge in [0.15, 0.2) is 11.8 Å². The predicted molar refractivity (Wildman–Crippen MR) is 96.4 cm³/mol. The summed E-state index contributed by atoms with van der Waals surface area (Å²) in [6.45, 7) is 8.87. The predicted octanol–water partition coefficient (Wildman–Crippen LogP) is 0.201.